The van der Waals surface area contributed by atoms with Crippen LogP contribution >= 0.6 is 0 Å². The molecule has 1 atom stereocenters. The Hall–Kier alpha value is -1.30. The molecular weight excluding hydrogens is 262 g/mol. The van der Waals surface area contributed by atoms with E-state index in [1.54, 1.807) is 0 Å². The fourth-order valence-corrected chi connectivity index (χ4v) is 1.74. The van der Waals surface area contributed by atoms with Crippen molar-refractivity contribution < 1.29 is 22.3 Å². The van der Waals surface area contributed by atoms with Gasteiger partial charge in [0.2, 0.25) is 0 Å². The molecule has 0 bridgehead atoms. The van der Waals surface area contributed by atoms with Gasteiger partial charge >= 0.3 is 6.36 Å². The standard InChI is InChI=1S/C13H17F4NO/c1-2-3-4-5-11(18)9-6-7-12(10(14)8-9)19-13(15,16)17/h6-8,11H,2-5,18H2,1H3/t11-/m1/s1. The quantitative estimate of drug-likeness (QED) is 0.622. The predicted octanol–water partition coefficient (Wildman–Crippen LogP) is 4.30. The summed E-state index contributed by atoms with van der Waals surface area (Å²) in [5.41, 5.74) is 6.33. The third kappa shape index (κ3) is 5.46. The molecule has 0 saturated carbocycles. The Bertz CT molecular complexity index is 406. The van der Waals surface area contributed by atoms with E-state index < -0.39 is 17.9 Å². The minimum atomic E-state index is -4.90. The van der Waals surface area contributed by atoms with E-state index in [1.807, 2.05) is 0 Å². The number of rotatable bonds is 6. The van der Waals surface area contributed by atoms with Crippen LogP contribution in [0.2, 0.25) is 0 Å². The van der Waals surface area contributed by atoms with Crippen molar-refractivity contribution in [3.8, 4) is 5.75 Å². The van der Waals surface area contributed by atoms with Gasteiger partial charge in [0.25, 0.3) is 0 Å². The first-order valence-corrected chi connectivity index (χ1v) is 6.14. The van der Waals surface area contributed by atoms with Gasteiger partial charge in [-0.15, -0.1) is 13.2 Å². The highest BCUT2D eigenvalue weighted by Crippen LogP contribution is 2.28. The van der Waals surface area contributed by atoms with Crippen molar-refractivity contribution in [2.24, 2.45) is 5.73 Å². The zero-order chi connectivity index (χ0) is 14.5. The maximum absolute atomic E-state index is 13.4. The number of nitrogens with two attached hydrogens (primary N) is 1. The van der Waals surface area contributed by atoms with Crippen molar-refractivity contribution in [2.75, 3.05) is 0 Å². The van der Waals surface area contributed by atoms with Crippen LogP contribution in [0, 0.1) is 5.82 Å². The summed E-state index contributed by atoms with van der Waals surface area (Å²) in [7, 11) is 0. The van der Waals surface area contributed by atoms with Crippen LogP contribution in [0.3, 0.4) is 0 Å². The fourth-order valence-electron chi connectivity index (χ4n) is 1.74. The third-order valence-electron chi connectivity index (χ3n) is 2.73. The van der Waals surface area contributed by atoms with Crippen LogP contribution < -0.4 is 10.5 Å². The van der Waals surface area contributed by atoms with Gasteiger partial charge < -0.3 is 10.5 Å². The molecule has 2 nitrogen and oxygen atoms in total. The van der Waals surface area contributed by atoms with Crippen LogP contribution in [0.5, 0.6) is 5.75 Å². The minimum absolute atomic E-state index is 0.374. The van der Waals surface area contributed by atoms with E-state index in [4.69, 9.17) is 5.73 Å². The highest BCUT2D eigenvalue weighted by Gasteiger charge is 2.32. The second kappa shape index (κ2) is 6.75. The highest BCUT2D eigenvalue weighted by molar-refractivity contribution is 5.31. The molecule has 2 N–H and O–H groups in total. The maximum atomic E-state index is 13.4. The average Bonchev–Trinajstić information content (AvgIpc) is 2.30. The molecule has 0 unspecified atom stereocenters. The predicted molar refractivity (Wildman–Crippen MR) is 64.2 cm³/mol. The second-order valence-electron chi connectivity index (χ2n) is 4.34. The molecule has 1 aromatic rings. The topological polar surface area (TPSA) is 35.2 Å². The Morgan fingerprint density at radius 1 is 1.26 bits per heavy atom. The normalized spacial score (nSPS) is 13.4. The van der Waals surface area contributed by atoms with Crippen LogP contribution in [-0.2, 0) is 0 Å². The number of alkyl halides is 3. The molecule has 0 amide bonds. The lowest BCUT2D eigenvalue weighted by Gasteiger charge is -2.14. The second-order valence-corrected chi connectivity index (χ2v) is 4.34. The Morgan fingerprint density at radius 2 is 1.95 bits per heavy atom. The molecule has 0 aliphatic carbocycles. The zero-order valence-corrected chi connectivity index (χ0v) is 10.6. The number of unbranched alkanes of at least 4 members (excludes halogenated alkanes) is 2. The van der Waals surface area contributed by atoms with E-state index in [-0.39, 0.29) is 6.04 Å². The van der Waals surface area contributed by atoms with E-state index in [2.05, 4.69) is 11.7 Å². The van der Waals surface area contributed by atoms with Gasteiger partial charge in [-0.05, 0) is 24.1 Å². The number of hydrogen-bond acceptors (Lipinski definition) is 2. The maximum Gasteiger partial charge on any atom is 0.573 e. The van der Waals surface area contributed by atoms with Crippen LogP contribution in [0.15, 0.2) is 18.2 Å². The summed E-state index contributed by atoms with van der Waals surface area (Å²) in [6.07, 6.45) is -1.26. The molecule has 0 aliphatic heterocycles. The lowest BCUT2D eigenvalue weighted by atomic mass is 10.0. The van der Waals surface area contributed by atoms with Crippen LogP contribution in [0.4, 0.5) is 17.6 Å². The first kappa shape index (κ1) is 15.8. The van der Waals surface area contributed by atoms with Gasteiger partial charge in [0.15, 0.2) is 11.6 Å². The minimum Gasteiger partial charge on any atom is -0.403 e. The molecule has 19 heavy (non-hydrogen) atoms. The van der Waals surface area contributed by atoms with Gasteiger partial charge in [0.05, 0.1) is 0 Å². The van der Waals surface area contributed by atoms with Crippen molar-refractivity contribution in [1.82, 2.24) is 0 Å². The Labute approximate surface area is 109 Å². The molecule has 0 aromatic heterocycles. The smallest absolute Gasteiger partial charge is 0.403 e. The van der Waals surface area contributed by atoms with Crippen molar-refractivity contribution in [3.63, 3.8) is 0 Å². The van der Waals surface area contributed by atoms with Gasteiger partial charge in [0.1, 0.15) is 0 Å². The summed E-state index contributed by atoms with van der Waals surface area (Å²) < 4.78 is 52.9. The molecule has 6 heteroatoms. The molecule has 0 radical (unpaired) electrons. The third-order valence-corrected chi connectivity index (χ3v) is 2.73. The number of hydrogen-bond donors (Lipinski definition) is 1. The van der Waals surface area contributed by atoms with Crippen LogP contribution in [0.1, 0.15) is 44.2 Å². The first-order valence-electron chi connectivity index (χ1n) is 6.14. The van der Waals surface area contributed by atoms with E-state index in [9.17, 15) is 17.6 Å². The average molecular weight is 279 g/mol. The van der Waals surface area contributed by atoms with Crippen molar-refractivity contribution in [1.29, 1.82) is 0 Å². The Morgan fingerprint density at radius 3 is 2.47 bits per heavy atom. The largest absolute Gasteiger partial charge is 0.573 e. The lowest BCUT2D eigenvalue weighted by molar-refractivity contribution is -0.275. The summed E-state index contributed by atoms with van der Waals surface area (Å²) in [5, 5.41) is 0. The van der Waals surface area contributed by atoms with Gasteiger partial charge in [-0.1, -0.05) is 32.3 Å². The summed E-state index contributed by atoms with van der Waals surface area (Å²) in [6.45, 7) is 2.05. The van der Waals surface area contributed by atoms with Gasteiger partial charge in [0, 0.05) is 6.04 Å². The highest BCUT2D eigenvalue weighted by atomic mass is 19.4. The molecule has 0 fully saturated rings. The Kier molecular flexibility index (Phi) is 5.60. The lowest BCUT2D eigenvalue weighted by Crippen LogP contribution is -2.18. The van der Waals surface area contributed by atoms with E-state index >= 15 is 0 Å². The molecule has 0 spiro atoms. The van der Waals surface area contributed by atoms with E-state index in [1.165, 1.54) is 6.07 Å². The molecule has 1 rings (SSSR count). The monoisotopic (exact) mass is 279 g/mol. The summed E-state index contributed by atoms with van der Waals surface area (Å²) in [4.78, 5) is 0. The molecular formula is C13H17F4NO. The summed E-state index contributed by atoms with van der Waals surface area (Å²) >= 11 is 0. The molecule has 0 heterocycles. The van der Waals surface area contributed by atoms with Crippen molar-refractivity contribution in [3.05, 3.63) is 29.6 Å². The number of ether oxygens (including phenoxy) is 1. The zero-order valence-electron chi connectivity index (χ0n) is 10.6. The van der Waals surface area contributed by atoms with Gasteiger partial charge in [-0.3, -0.25) is 0 Å². The van der Waals surface area contributed by atoms with Crippen LogP contribution in [0.25, 0.3) is 0 Å². The summed E-state index contributed by atoms with van der Waals surface area (Å²) in [6, 6.07) is 2.94. The molecule has 108 valence electrons. The van der Waals surface area contributed by atoms with Crippen molar-refractivity contribution in [2.45, 2.75) is 45.0 Å². The van der Waals surface area contributed by atoms with Gasteiger partial charge in [-0.2, -0.15) is 0 Å². The molecule has 0 aliphatic rings. The molecule has 1 aromatic carbocycles. The number of halogens is 4. The van der Waals surface area contributed by atoms with Crippen LogP contribution in [-0.4, -0.2) is 6.36 Å². The Balaban J connectivity index is 2.70. The van der Waals surface area contributed by atoms with Gasteiger partial charge in [-0.25, -0.2) is 4.39 Å². The van der Waals surface area contributed by atoms with Crippen molar-refractivity contribution >= 4 is 0 Å². The van der Waals surface area contributed by atoms with E-state index in [0.717, 1.165) is 31.4 Å². The first-order chi connectivity index (χ1) is 8.83. The van der Waals surface area contributed by atoms with E-state index in [0.29, 0.717) is 12.0 Å². The number of benzene rings is 1. The summed E-state index contributed by atoms with van der Waals surface area (Å²) in [5.74, 6) is -1.89. The molecule has 0 saturated heterocycles. The SMILES string of the molecule is CCCCC[C@@H](N)c1ccc(OC(F)(F)F)c(F)c1. The fraction of sp³-hybridized carbons (Fsp3) is 0.538.